The molecule has 1 heterocycles. The lowest BCUT2D eigenvalue weighted by molar-refractivity contribution is -0.127. The number of benzene rings is 1. The van der Waals surface area contributed by atoms with Crippen molar-refractivity contribution in [3.63, 3.8) is 0 Å². The quantitative estimate of drug-likeness (QED) is 0.834. The van der Waals surface area contributed by atoms with E-state index in [9.17, 15) is 4.79 Å². The first kappa shape index (κ1) is 13.3. The van der Waals surface area contributed by atoms with Crippen molar-refractivity contribution in [3.05, 3.63) is 35.4 Å². The maximum absolute atomic E-state index is 12.3. The number of nitrogens with zero attached hydrogens (tertiary/aromatic N) is 1. The van der Waals surface area contributed by atoms with Crippen LogP contribution in [0.5, 0.6) is 0 Å². The molecule has 0 aromatic heterocycles. The van der Waals surface area contributed by atoms with Gasteiger partial charge in [0.15, 0.2) is 0 Å². The number of rotatable bonds is 2. The van der Waals surface area contributed by atoms with E-state index in [0.717, 1.165) is 25.2 Å². The molecule has 2 heteroatoms. The molecule has 0 N–H and O–H groups in total. The Morgan fingerprint density at radius 2 is 2.05 bits per heavy atom. The Morgan fingerprint density at radius 3 is 2.91 bits per heavy atom. The average Bonchev–Trinajstić information content (AvgIpc) is 3.34. The molecule has 3 fully saturated rings. The van der Waals surface area contributed by atoms with Crippen LogP contribution >= 0.6 is 0 Å². The molecule has 3 atom stereocenters. The molecule has 1 aromatic rings. The van der Waals surface area contributed by atoms with E-state index in [1.807, 2.05) is 0 Å². The molecular formula is C20H25NO. The SMILES string of the molecule is O=C1CC[C@H]2[C@@H]3Cc4ccccc4[C@@]2(CCN3CC2CC2)C1. The van der Waals surface area contributed by atoms with Crippen molar-refractivity contribution in [1.82, 2.24) is 4.90 Å². The molecule has 0 unspecified atom stereocenters. The molecule has 2 nitrogen and oxygen atoms in total. The van der Waals surface area contributed by atoms with Gasteiger partial charge in [0.05, 0.1) is 0 Å². The lowest BCUT2D eigenvalue weighted by Gasteiger charge is -2.58. The smallest absolute Gasteiger partial charge is 0.133 e. The molecule has 1 aromatic carbocycles. The van der Waals surface area contributed by atoms with E-state index in [1.54, 1.807) is 0 Å². The zero-order valence-electron chi connectivity index (χ0n) is 13.3. The number of hydrogen-bond acceptors (Lipinski definition) is 2. The van der Waals surface area contributed by atoms with Gasteiger partial charge in [-0.25, -0.2) is 0 Å². The van der Waals surface area contributed by atoms with Gasteiger partial charge in [-0.1, -0.05) is 24.3 Å². The second-order valence-corrected chi connectivity index (χ2v) is 8.13. The van der Waals surface area contributed by atoms with Crippen molar-refractivity contribution in [1.29, 1.82) is 0 Å². The van der Waals surface area contributed by atoms with Gasteiger partial charge in [0.1, 0.15) is 5.78 Å². The third kappa shape index (κ3) is 1.86. The van der Waals surface area contributed by atoms with Crippen molar-refractivity contribution in [2.24, 2.45) is 11.8 Å². The van der Waals surface area contributed by atoms with Crippen molar-refractivity contribution >= 4 is 5.78 Å². The summed E-state index contributed by atoms with van der Waals surface area (Å²) in [5, 5.41) is 0. The topological polar surface area (TPSA) is 20.3 Å². The first-order valence-electron chi connectivity index (χ1n) is 9.10. The van der Waals surface area contributed by atoms with E-state index >= 15 is 0 Å². The Balaban J connectivity index is 1.59. The van der Waals surface area contributed by atoms with Gasteiger partial charge >= 0.3 is 0 Å². The Morgan fingerprint density at radius 1 is 1.18 bits per heavy atom. The second kappa shape index (κ2) is 4.67. The molecule has 1 aliphatic heterocycles. The summed E-state index contributed by atoms with van der Waals surface area (Å²) >= 11 is 0. The largest absolute Gasteiger partial charge is 0.300 e. The van der Waals surface area contributed by atoms with E-state index in [4.69, 9.17) is 0 Å². The molecule has 0 spiro atoms. The number of likely N-dealkylation sites (tertiary alicyclic amines) is 1. The highest BCUT2D eigenvalue weighted by Crippen LogP contribution is 2.55. The minimum absolute atomic E-state index is 0.175. The zero-order chi connectivity index (χ0) is 14.7. The fourth-order valence-electron chi connectivity index (χ4n) is 5.73. The highest BCUT2D eigenvalue weighted by Gasteiger charge is 2.55. The molecule has 1 saturated heterocycles. The van der Waals surface area contributed by atoms with Gasteiger partial charge in [0, 0.05) is 30.8 Å². The van der Waals surface area contributed by atoms with E-state index in [-0.39, 0.29) is 5.41 Å². The molecule has 2 saturated carbocycles. The van der Waals surface area contributed by atoms with Crippen LogP contribution in [0.2, 0.25) is 0 Å². The third-order valence-electron chi connectivity index (χ3n) is 6.91. The molecule has 5 rings (SSSR count). The van der Waals surface area contributed by atoms with Gasteiger partial charge in [-0.2, -0.15) is 0 Å². The van der Waals surface area contributed by atoms with Crippen molar-refractivity contribution in [3.8, 4) is 0 Å². The summed E-state index contributed by atoms with van der Waals surface area (Å²) < 4.78 is 0. The van der Waals surface area contributed by atoms with Crippen LogP contribution in [0.15, 0.2) is 24.3 Å². The van der Waals surface area contributed by atoms with Crippen LogP contribution in [0.1, 0.15) is 49.7 Å². The first-order chi connectivity index (χ1) is 10.8. The number of fused-ring (bicyclic) bond motifs is 1. The molecule has 22 heavy (non-hydrogen) atoms. The third-order valence-corrected chi connectivity index (χ3v) is 6.91. The summed E-state index contributed by atoms with van der Waals surface area (Å²) in [6.45, 7) is 2.52. The van der Waals surface area contributed by atoms with E-state index in [2.05, 4.69) is 29.2 Å². The summed E-state index contributed by atoms with van der Waals surface area (Å²) in [7, 11) is 0. The Hall–Kier alpha value is -1.15. The van der Waals surface area contributed by atoms with Gasteiger partial charge in [-0.05, 0) is 61.6 Å². The minimum Gasteiger partial charge on any atom is -0.300 e. The van der Waals surface area contributed by atoms with Gasteiger partial charge in [0.2, 0.25) is 0 Å². The van der Waals surface area contributed by atoms with Crippen molar-refractivity contribution in [2.75, 3.05) is 13.1 Å². The highest BCUT2D eigenvalue weighted by molar-refractivity contribution is 5.81. The fraction of sp³-hybridized carbons (Fsp3) is 0.650. The molecule has 4 aliphatic rings. The van der Waals surface area contributed by atoms with Crippen molar-refractivity contribution in [2.45, 2.75) is 56.4 Å². The standard InChI is InChI=1S/C20H25NO/c22-16-7-8-18-19-11-15-3-1-2-4-17(15)20(18,12-16)9-10-21(19)13-14-5-6-14/h1-4,14,18-19H,5-13H2/t18-,19-,20+/m0/s1. The van der Waals surface area contributed by atoms with Crippen LogP contribution in [-0.4, -0.2) is 29.8 Å². The number of Topliss-reactive ketones (excluding diaryl/α,β-unsaturated/α-hetero) is 1. The molecule has 2 bridgehead atoms. The normalized spacial score (nSPS) is 37.5. The van der Waals surface area contributed by atoms with Gasteiger partial charge < -0.3 is 0 Å². The summed E-state index contributed by atoms with van der Waals surface area (Å²) in [4.78, 5) is 15.1. The van der Waals surface area contributed by atoms with E-state index < -0.39 is 0 Å². The summed E-state index contributed by atoms with van der Waals surface area (Å²) in [5.41, 5.74) is 3.23. The number of ketones is 1. The summed E-state index contributed by atoms with van der Waals surface area (Å²) in [6, 6.07) is 9.70. The first-order valence-corrected chi connectivity index (χ1v) is 9.10. The molecule has 0 amide bonds. The summed E-state index contributed by atoms with van der Waals surface area (Å²) in [5.74, 6) is 2.19. The molecule has 3 aliphatic carbocycles. The fourth-order valence-corrected chi connectivity index (χ4v) is 5.73. The Labute approximate surface area is 132 Å². The van der Waals surface area contributed by atoms with E-state index in [0.29, 0.717) is 17.7 Å². The predicted octanol–water partition coefficient (Wildman–Crippen LogP) is 3.33. The lowest BCUT2D eigenvalue weighted by Crippen LogP contribution is -2.62. The van der Waals surface area contributed by atoms with Crippen LogP contribution < -0.4 is 0 Å². The molecule has 0 radical (unpaired) electrons. The zero-order valence-corrected chi connectivity index (χ0v) is 13.3. The Kier molecular flexibility index (Phi) is 2.83. The second-order valence-electron chi connectivity index (χ2n) is 8.13. The number of hydrogen-bond donors (Lipinski definition) is 0. The van der Waals surface area contributed by atoms with Crippen LogP contribution in [0.4, 0.5) is 0 Å². The summed E-state index contributed by atoms with van der Waals surface area (Å²) in [6.07, 6.45) is 8.04. The number of piperidine rings is 1. The maximum atomic E-state index is 12.3. The predicted molar refractivity (Wildman–Crippen MR) is 86.9 cm³/mol. The van der Waals surface area contributed by atoms with Crippen LogP contribution in [-0.2, 0) is 16.6 Å². The molecular weight excluding hydrogens is 270 g/mol. The molecule has 116 valence electrons. The van der Waals surface area contributed by atoms with Crippen molar-refractivity contribution < 1.29 is 4.79 Å². The van der Waals surface area contributed by atoms with Crippen LogP contribution in [0.3, 0.4) is 0 Å². The lowest BCUT2D eigenvalue weighted by atomic mass is 9.52. The average molecular weight is 295 g/mol. The number of carbonyl (C=O) groups is 1. The highest BCUT2D eigenvalue weighted by atomic mass is 16.1. The van der Waals surface area contributed by atoms with E-state index in [1.165, 1.54) is 49.9 Å². The van der Waals surface area contributed by atoms with Gasteiger partial charge in [0.25, 0.3) is 0 Å². The Bertz CT molecular complexity index is 620. The van der Waals surface area contributed by atoms with Crippen LogP contribution in [0.25, 0.3) is 0 Å². The van der Waals surface area contributed by atoms with Gasteiger partial charge in [-0.3, -0.25) is 9.69 Å². The number of carbonyl (C=O) groups excluding carboxylic acids is 1. The maximum Gasteiger partial charge on any atom is 0.133 e. The monoisotopic (exact) mass is 295 g/mol. The minimum atomic E-state index is 0.175. The van der Waals surface area contributed by atoms with Gasteiger partial charge in [-0.15, -0.1) is 0 Å². The van der Waals surface area contributed by atoms with Crippen LogP contribution in [0, 0.1) is 11.8 Å².